The first kappa shape index (κ1) is 27.9. The topological polar surface area (TPSA) is 117 Å². The van der Waals surface area contributed by atoms with Crippen LogP contribution >= 0.6 is 0 Å². The zero-order valence-electron chi connectivity index (χ0n) is 20.5. The molecule has 37 heavy (non-hydrogen) atoms. The molecule has 2 amide bonds. The fourth-order valence-electron chi connectivity index (χ4n) is 3.96. The molecular weight excluding hydrogens is 492 g/mol. The van der Waals surface area contributed by atoms with Crippen LogP contribution in [0.5, 0.6) is 0 Å². The molecule has 1 heterocycles. The van der Waals surface area contributed by atoms with Crippen LogP contribution in [0.15, 0.2) is 64.8 Å². The lowest BCUT2D eigenvalue weighted by atomic mass is 9.79. The molecule has 7 nitrogen and oxygen atoms in total. The maximum absolute atomic E-state index is 13.7. The van der Waals surface area contributed by atoms with Crippen molar-refractivity contribution in [3.63, 3.8) is 0 Å². The minimum Gasteiger partial charge on any atom is -0.402 e. The number of carbonyl (C=O) groups is 2. The Kier molecular flexibility index (Phi) is 8.06. The summed E-state index contributed by atoms with van der Waals surface area (Å²) in [6, 6.07) is 7.75. The van der Waals surface area contributed by atoms with Gasteiger partial charge >= 0.3 is 6.18 Å². The molecule has 198 valence electrons. The van der Waals surface area contributed by atoms with Crippen LogP contribution in [0.3, 0.4) is 0 Å². The first-order valence-electron chi connectivity index (χ1n) is 11.5. The normalized spacial score (nSPS) is 21.0. The number of piperidine rings is 1. The molecule has 0 aliphatic carbocycles. The quantitative estimate of drug-likeness (QED) is 0.435. The molecule has 0 bridgehead atoms. The van der Waals surface area contributed by atoms with Crippen molar-refractivity contribution in [2.45, 2.75) is 50.9 Å². The first-order valence-corrected chi connectivity index (χ1v) is 11.5. The maximum atomic E-state index is 13.7. The zero-order valence-corrected chi connectivity index (χ0v) is 20.5. The number of aliphatic hydroxyl groups is 1. The van der Waals surface area contributed by atoms with Crippen LogP contribution in [-0.4, -0.2) is 40.9 Å². The van der Waals surface area contributed by atoms with Crippen LogP contribution in [0, 0.1) is 5.82 Å². The van der Waals surface area contributed by atoms with Gasteiger partial charge in [0.15, 0.2) is 0 Å². The largest absolute Gasteiger partial charge is 0.416 e. The number of carbonyl (C=O) groups excluding carboxylic acids is 2. The summed E-state index contributed by atoms with van der Waals surface area (Å²) in [5, 5.41) is 15.1. The van der Waals surface area contributed by atoms with Crippen molar-refractivity contribution in [1.82, 2.24) is 10.6 Å². The monoisotopic (exact) mass is 520 g/mol. The van der Waals surface area contributed by atoms with E-state index in [0.717, 1.165) is 12.1 Å². The lowest BCUT2D eigenvalue weighted by molar-refractivity contribution is -0.137. The van der Waals surface area contributed by atoms with Gasteiger partial charge in [0.2, 0.25) is 5.91 Å². The summed E-state index contributed by atoms with van der Waals surface area (Å²) in [6.45, 7) is 4.93. The number of benzene rings is 2. The highest BCUT2D eigenvalue weighted by Crippen LogP contribution is 2.34. The lowest BCUT2D eigenvalue weighted by Crippen LogP contribution is -2.57. The van der Waals surface area contributed by atoms with Crippen LogP contribution in [0.25, 0.3) is 0 Å². The van der Waals surface area contributed by atoms with E-state index in [-0.39, 0.29) is 30.1 Å². The van der Waals surface area contributed by atoms with Crippen LogP contribution in [0.4, 0.5) is 17.6 Å². The van der Waals surface area contributed by atoms with Gasteiger partial charge in [-0.15, -0.1) is 0 Å². The van der Waals surface area contributed by atoms with E-state index in [1.165, 1.54) is 30.3 Å². The molecule has 2 aromatic carbocycles. The number of hydrogen-bond acceptors (Lipinski definition) is 5. The first-order chi connectivity index (χ1) is 17.2. The average Bonchev–Trinajstić information content (AvgIpc) is 2.79. The van der Waals surface area contributed by atoms with Gasteiger partial charge < -0.3 is 21.5 Å². The number of hydrogen-bond donors (Lipinski definition) is 4. The third-order valence-corrected chi connectivity index (χ3v) is 5.81. The number of nitrogens with zero attached hydrogens (tertiary/aromatic N) is 1. The average molecular weight is 521 g/mol. The number of aliphatic imine (C=N–C) groups is 1. The molecule has 1 saturated heterocycles. The number of amides is 2. The van der Waals surface area contributed by atoms with Gasteiger partial charge in [-0.05, 0) is 63.1 Å². The lowest BCUT2D eigenvalue weighted by Gasteiger charge is -2.36. The van der Waals surface area contributed by atoms with Crippen molar-refractivity contribution < 1.29 is 32.3 Å². The number of nitrogens with two attached hydrogens (primary N) is 1. The second-order valence-corrected chi connectivity index (χ2v) is 9.44. The van der Waals surface area contributed by atoms with E-state index in [4.69, 9.17) is 5.73 Å². The highest BCUT2D eigenvalue weighted by molar-refractivity contribution is 6.15. The van der Waals surface area contributed by atoms with E-state index in [2.05, 4.69) is 15.6 Å². The molecule has 5 N–H and O–H groups in total. The third-order valence-electron chi connectivity index (χ3n) is 5.81. The Hall–Kier alpha value is -3.73. The van der Waals surface area contributed by atoms with Crippen molar-refractivity contribution in [3.8, 4) is 0 Å². The summed E-state index contributed by atoms with van der Waals surface area (Å²) in [5.41, 5.74) is 4.91. The van der Waals surface area contributed by atoms with Crippen molar-refractivity contribution >= 4 is 17.6 Å². The number of alkyl halides is 3. The summed E-state index contributed by atoms with van der Waals surface area (Å²) in [5.74, 6) is -2.90. The van der Waals surface area contributed by atoms with Gasteiger partial charge in [-0.3, -0.25) is 14.6 Å². The molecule has 1 fully saturated rings. The molecule has 3 rings (SSSR count). The number of rotatable bonds is 6. The fourth-order valence-corrected chi connectivity index (χ4v) is 3.96. The van der Waals surface area contributed by atoms with Gasteiger partial charge in [0.1, 0.15) is 17.7 Å². The molecule has 2 atom stereocenters. The molecule has 1 aliphatic rings. The van der Waals surface area contributed by atoms with Crippen LogP contribution in [-0.2, 0) is 11.0 Å². The Morgan fingerprint density at radius 1 is 1.16 bits per heavy atom. The fraction of sp³-hybridized carbons (Fsp3) is 0.346. The van der Waals surface area contributed by atoms with Gasteiger partial charge in [-0.25, -0.2) is 4.39 Å². The molecule has 0 saturated carbocycles. The van der Waals surface area contributed by atoms with E-state index in [0.29, 0.717) is 17.2 Å². The Balaban J connectivity index is 2.03. The number of allylic oxidation sites excluding steroid dienone is 1. The van der Waals surface area contributed by atoms with E-state index >= 15 is 0 Å². The van der Waals surface area contributed by atoms with Gasteiger partial charge in [-0.2, -0.15) is 13.2 Å². The van der Waals surface area contributed by atoms with Crippen LogP contribution < -0.4 is 16.4 Å². The van der Waals surface area contributed by atoms with E-state index in [1.807, 2.05) is 0 Å². The van der Waals surface area contributed by atoms with Gasteiger partial charge in [0.25, 0.3) is 5.91 Å². The predicted molar refractivity (Wildman–Crippen MR) is 130 cm³/mol. The second kappa shape index (κ2) is 10.7. The molecule has 0 radical (unpaired) electrons. The van der Waals surface area contributed by atoms with Crippen molar-refractivity contribution in [1.29, 1.82) is 0 Å². The standard InChI is InChI=1S/C26H28F4N4O3/c1-14(31)19-20(15-7-9-18(27)10-8-15)21(24(36)34-22(19)32-12-11-25(2,3)37)33-23(35)16-5-4-6-17(13-16)26(28,29)30/h4-10,13,20-21,37H,11-12,31H2,1-3H3,(H,33,35)(H,32,34,36)/b19-14-. The summed E-state index contributed by atoms with van der Waals surface area (Å²) in [6.07, 6.45) is -4.38. The molecule has 0 aromatic heterocycles. The summed E-state index contributed by atoms with van der Waals surface area (Å²) in [7, 11) is 0. The van der Waals surface area contributed by atoms with E-state index < -0.39 is 46.9 Å². The third kappa shape index (κ3) is 6.94. The number of nitrogens with one attached hydrogen (secondary N) is 2. The smallest absolute Gasteiger partial charge is 0.402 e. The number of halogens is 4. The van der Waals surface area contributed by atoms with E-state index in [9.17, 15) is 32.3 Å². The maximum Gasteiger partial charge on any atom is 0.416 e. The Morgan fingerprint density at radius 3 is 2.38 bits per heavy atom. The SMILES string of the molecule is C/C(N)=C1/C(=NCCC(C)(C)O)NC(=O)C(NC(=O)c2cccc(C(F)(F)F)c2)C1c1ccc(F)cc1. The van der Waals surface area contributed by atoms with Crippen molar-refractivity contribution in [2.75, 3.05) is 6.54 Å². The zero-order chi connectivity index (χ0) is 27.5. The second-order valence-electron chi connectivity index (χ2n) is 9.44. The highest BCUT2D eigenvalue weighted by atomic mass is 19.4. The summed E-state index contributed by atoms with van der Waals surface area (Å²) >= 11 is 0. The summed E-state index contributed by atoms with van der Waals surface area (Å²) in [4.78, 5) is 30.6. The molecule has 0 spiro atoms. The Bertz CT molecular complexity index is 1230. The Morgan fingerprint density at radius 2 is 1.81 bits per heavy atom. The van der Waals surface area contributed by atoms with Crippen molar-refractivity contribution in [2.24, 2.45) is 10.7 Å². The number of amidine groups is 1. The molecule has 2 aromatic rings. The van der Waals surface area contributed by atoms with Gasteiger partial charge in [0.05, 0.1) is 11.2 Å². The predicted octanol–water partition coefficient (Wildman–Crippen LogP) is 3.65. The minimum atomic E-state index is -4.66. The van der Waals surface area contributed by atoms with Crippen molar-refractivity contribution in [3.05, 3.63) is 82.3 Å². The minimum absolute atomic E-state index is 0.133. The molecule has 11 heteroatoms. The highest BCUT2D eigenvalue weighted by Gasteiger charge is 2.42. The Labute approximate surface area is 211 Å². The summed E-state index contributed by atoms with van der Waals surface area (Å²) < 4.78 is 53.1. The van der Waals surface area contributed by atoms with Crippen LogP contribution in [0.1, 0.15) is 54.6 Å². The van der Waals surface area contributed by atoms with Gasteiger partial charge in [0, 0.05) is 29.3 Å². The molecular formula is C26H28F4N4O3. The molecule has 1 aliphatic heterocycles. The van der Waals surface area contributed by atoms with Crippen LogP contribution in [0.2, 0.25) is 0 Å². The van der Waals surface area contributed by atoms with E-state index in [1.54, 1.807) is 20.8 Å². The molecule has 2 unspecified atom stereocenters. The van der Waals surface area contributed by atoms with Gasteiger partial charge in [-0.1, -0.05) is 18.2 Å².